The van der Waals surface area contributed by atoms with Crippen LogP contribution in [0.25, 0.3) is 0 Å². The number of nitrogens with zero attached hydrogens (tertiary/aromatic N) is 1. The Labute approximate surface area is 77.1 Å². The topological polar surface area (TPSA) is 81.3 Å². The molecule has 0 aliphatic heterocycles. The Morgan fingerprint density at radius 3 is 2.08 bits per heavy atom. The lowest BCUT2D eigenvalue weighted by molar-refractivity contribution is -0.0121. The van der Waals surface area contributed by atoms with Crippen LogP contribution in [0, 0.1) is 11.3 Å². The molecule has 0 rings (SSSR count). The van der Waals surface area contributed by atoms with Crippen molar-refractivity contribution in [2.45, 2.75) is 38.4 Å². The largest absolute Gasteiger partial charge is 0.390 e. The summed E-state index contributed by atoms with van der Waals surface area (Å²) in [7, 11) is 0. The zero-order valence-corrected chi connectivity index (χ0v) is 7.96. The smallest absolute Gasteiger partial charge is 0.144 e. The lowest BCUT2D eigenvalue weighted by Gasteiger charge is -2.27. The Hall–Kier alpha value is -1.14. The van der Waals surface area contributed by atoms with E-state index in [-0.39, 0.29) is 6.42 Å². The fourth-order valence-electron chi connectivity index (χ4n) is 1.18. The molecule has 0 fully saturated rings. The van der Waals surface area contributed by atoms with E-state index in [1.54, 1.807) is 6.07 Å². The highest BCUT2D eigenvalue weighted by molar-refractivity contribution is 5.62. The summed E-state index contributed by atoms with van der Waals surface area (Å²) < 4.78 is 0. The summed E-state index contributed by atoms with van der Waals surface area (Å²) in [5.41, 5.74) is -3.15. The molecule has 1 atom stereocenters. The van der Waals surface area contributed by atoms with Crippen molar-refractivity contribution in [3.8, 4) is 6.07 Å². The van der Waals surface area contributed by atoms with Crippen molar-refractivity contribution in [1.82, 2.24) is 0 Å². The molecular formula is C9H13NO3. The molecule has 0 aliphatic rings. The molecule has 0 heterocycles. The van der Waals surface area contributed by atoms with Crippen LogP contribution in [0.15, 0.2) is 5.57 Å². The van der Waals surface area contributed by atoms with E-state index in [0.717, 1.165) is 0 Å². The van der Waals surface area contributed by atoms with Crippen LogP contribution in [-0.4, -0.2) is 27.4 Å². The first-order valence-electron chi connectivity index (χ1n) is 3.83. The van der Waals surface area contributed by atoms with E-state index in [9.17, 15) is 15.0 Å². The van der Waals surface area contributed by atoms with Crippen molar-refractivity contribution in [3.05, 3.63) is 5.57 Å². The number of hydrogen-bond acceptors (Lipinski definition) is 4. The molecular weight excluding hydrogens is 170 g/mol. The van der Waals surface area contributed by atoms with Crippen LogP contribution in [0.3, 0.4) is 0 Å². The predicted molar refractivity (Wildman–Crippen MR) is 46.4 cm³/mol. The minimum Gasteiger partial charge on any atom is -0.390 e. The van der Waals surface area contributed by atoms with Gasteiger partial charge in [-0.1, -0.05) is 0 Å². The van der Waals surface area contributed by atoms with Gasteiger partial charge in [0, 0.05) is 6.42 Å². The van der Waals surface area contributed by atoms with E-state index >= 15 is 0 Å². The standard InChI is InChI=1S/C9H13NO3/c1-8(2,12)6-9(3,13)7(4-10)5-11/h12-13H,6H2,1-3H3. The highest BCUT2D eigenvalue weighted by Crippen LogP contribution is 2.24. The molecule has 0 bridgehead atoms. The molecule has 0 saturated heterocycles. The molecule has 4 heteroatoms. The Morgan fingerprint density at radius 1 is 1.38 bits per heavy atom. The van der Waals surface area contributed by atoms with Crippen molar-refractivity contribution in [2.24, 2.45) is 0 Å². The molecule has 0 radical (unpaired) electrons. The Kier molecular flexibility index (Phi) is 3.39. The Balaban J connectivity index is 4.80. The van der Waals surface area contributed by atoms with Crippen LogP contribution in [0.4, 0.5) is 0 Å². The minimum atomic E-state index is -1.62. The van der Waals surface area contributed by atoms with Gasteiger partial charge in [0.25, 0.3) is 0 Å². The summed E-state index contributed by atoms with van der Waals surface area (Å²) in [4.78, 5) is 10.2. The van der Waals surface area contributed by atoms with Crippen molar-refractivity contribution in [2.75, 3.05) is 0 Å². The second kappa shape index (κ2) is 3.71. The molecule has 0 aromatic rings. The summed E-state index contributed by atoms with van der Waals surface area (Å²) in [6.45, 7) is 4.27. The highest BCUT2D eigenvalue weighted by atomic mass is 16.3. The van der Waals surface area contributed by atoms with Gasteiger partial charge in [0.1, 0.15) is 23.2 Å². The van der Waals surface area contributed by atoms with Crippen LogP contribution < -0.4 is 0 Å². The van der Waals surface area contributed by atoms with Crippen molar-refractivity contribution in [3.63, 3.8) is 0 Å². The molecule has 4 nitrogen and oxygen atoms in total. The number of rotatable bonds is 3. The van der Waals surface area contributed by atoms with Crippen molar-refractivity contribution >= 4 is 5.94 Å². The minimum absolute atomic E-state index is 0.0852. The van der Waals surface area contributed by atoms with Crippen LogP contribution in [0.5, 0.6) is 0 Å². The molecule has 13 heavy (non-hydrogen) atoms. The van der Waals surface area contributed by atoms with E-state index in [0.29, 0.717) is 0 Å². The molecule has 72 valence electrons. The van der Waals surface area contributed by atoms with Gasteiger partial charge < -0.3 is 10.2 Å². The maximum atomic E-state index is 10.2. The lowest BCUT2D eigenvalue weighted by atomic mass is 9.86. The maximum absolute atomic E-state index is 10.2. The zero-order chi connectivity index (χ0) is 10.7. The van der Waals surface area contributed by atoms with Crippen molar-refractivity contribution < 1.29 is 15.0 Å². The summed E-state index contributed by atoms with van der Waals surface area (Å²) in [6, 6.07) is 1.55. The first-order valence-corrected chi connectivity index (χ1v) is 3.83. The average molecular weight is 183 g/mol. The first-order chi connectivity index (χ1) is 5.73. The molecule has 0 amide bonds. The average Bonchev–Trinajstić information content (AvgIpc) is 1.83. The van der Waals surface area contributed by atoms with Crippen LogP contribution >= 0.6 is 0 Å². The van der Waals surface area contributed by atoms with Gasteiger partial charge >= 0.3 is 0 Å². The van der Waals surface area contributed by atoms with Gasteiger partial charge in [-0.2, -0.15) is 5.26 Å². The summed E-state index contributed by atoms with van der Waals surface area (Å²) in [5, 5.41) is 27.5. The SMILES string of the molecule is CC(C)(O)CC(C)(O)C(=C=O)C#N. The van der Waals surface area contributed by atoms with E-state index in [1.165, 1.54) is 26.7 Å². The normalized spacial score (nSPS) is 15.4. The van der Waals surface area contributed by atoms with E-state index in [4.69, 9.17) is 5.26 Å². The predicted octanol–water partition coefficient (Wildman–Crippen LogP) is 0.180. The number of carbonyl (C=O) groups excluding carboxylic acids is 1. The van der Waals surface area contributed by atoms with Crippen LogP contribution in [-0.2, 0) is 4.79 Å². The quantitative estimate of drug-likeness (QED) is 0.483. The summed E-state index contributed by atoms with van der Waals surface area (Å²) >= 11 is 0. The molecule has 2 N–H and O–H groups in total. The molecule has 1 unspecified atom stereocenters. The third kappa shape index (κ3) is 3.86. The van der Waals surface area contributed by atoms with E-state index < -0.39 is 16.8 Å². The number of aliphatic hydroxyl groups is 2. The zero-order valence-electron chi connectivity index (χ0n) is 7.96. The van der Waals surface area contributed by atoms with E-state index in [1.807, 2.05) is 0 Å². The second-order valence-electron chi connectivity index (χ2n) is 3.85. The monoisotopic (exact) mass is 183 g/mol. The van der Waals surface area contributed by atoms with E-state index in [2.05, 4.69) is 0 Å². The van der Waals surface area contributed by atoms with Gasteiger partial charge in [0.2, 0.25) is 0 Å². The summed E-state index contributed by atoms with van der Waals surface area (Å²) in [6.07, 6.45) is -0.0852. The molecule has 0 aliphatic carbocycles. The fourth-order valence-corrected chi connectivity index (χ4v) is 1.18. The second-order valence-corrected chi connectivity index (χ2v) is 3.85. The first kappa shape index (κ1) is 11.9. The highest BCUT2D eigenvalue weighted by Gasteiger charge is 2.33. The van der Waals surface area contributed by atoms with Gasteiger partial charge in [0.05, 0.1) is 5.60 Å². The van der Waals surface area contributed by atoms with Gasteiger partial charge in [0.15, 0.2) is 0 Å². The summed E-state index contributed by atoms with van der Waals surface area (Å²) in [5.74, 6) is 1.36. The Morgan fingerprint density at radius 2 is 1.85 bits per heavy atom. The van der Waals surface area contributed by atoms with Crippen LogP contribution in [0.2, 0.25) is 0 Å². The van der Waals surface area contributed by atoms with Gasteiger partial charge in [-0.3, -0.25) is 0 Å². The number of nitriles is 1. The molecule has 0 aromatic carbocycles. The molecule has 0 spiro atoms. The maximum Gasteiger partial charge on any atom is 0.144 e. The third-order valence-corrected chi connectivity index (χ3v) is 1.53. The van der Waals surface area contributed by atoms with Gasteiger partial charge in [-0.15, -0.1) is 0 Å². The Bertz CT molecular complexity index is 274. The number of hydrogen-bond donors (Lipinski definition) is 2. The van der Waals surface area contributed by atoms with Crippen molar-refractivity contribution in [1.29, 1.82) is 5.26 Å². The fraction of sp³-hybridized carbons (Fsp3) is 0.667. The molecule has 0 saturated carbocycles. The van der Waals surface area contributed by atoms with Gasteiger partial charge in [-0.05, 0) is 20.8 Å². The van der Waals surface area contributed by atoms with Crippen LogP contribution in [0.1, 0.15) is 27.2 Å². The molecule has 0 aromatic heterocycles. The third-order valence-electron chi connectivity index (χ3n) is 1.53. The van der Waals surface area contributed by atoms with Gasteiger partial charge in [-0.25, -0.2) is 4.79 Å². The lowest BCUT2D eigenvalue weighted by Crippen LogP contribution is -2.36.